The molecule has 0 radical (unpaired) electrons. The van der Waals surface area contributed by atoms with Crippen molar-refractivity contribution in [2.75, 3.05) is 53.2 Å². The van der Waals surface area contributed by atoms with Crippen LogP contribution in [0.1, 0.15) is 16.8 Å². The lowest BCUT2D eigenvalue weighted by atomic mass is 10.1. The number of methoxy groups -OCH3 is 1. The quantitative estimate of drug-likeness (QED) is 0.745. The fourth-order valence-electron chi connectivity index (χ4n) is 2.02. The Balaban J connectivity index is 2.83. The van der Waals surface area contributed by atoms with Crippen molar-refractivity contribution in [2.45, 2.75) is 6.42 Å². The summed E-state index contributed by atoms with van der Waals surface area (Å²) in [5, 5.41) is 0.384. The van der Waals surface area contributed by atoms with Crippen LogP contribution in [0, 0.1) is 0 Å². The number of amides is 1. The molecule has 0 aliphatic rings. The highest BCUT2D eigenvalue weighted by molar-refractivity contribution is 6.34. The van der Waals surface area contributed by atoms with E-state index in [4.69, 9.17) is 22.1 Å². The van der Waals surface area contributed by atoms with Crippen molar-refractivity contribution in [3.63, 3.8) is 0 Å². The van der Waals surface area contributed by atoms with E-state index < -0.39 is 0 Å². The monoisotopic (exact) mass is 313 g/mol. The minimum Gasteiger partial charge on any atom is -0.398 e. The maximum atomic E-state index is 12.7. The van der Waals surface area contributed by atoms with Gasteiger partial charge in [0.2, 0.25) is 0 Å². The van der Waals surface area contributed by atoms with Gasteiger partial charge in [-0.05, 0) is 39.2 Å². The van der Waals surface area contributed by atoms with Crippen molar-refractivity contribution in [3.8, 4) is 0 Å². The maximum Gasteiger partial charge on any atom is 0.257 e. The topological polar surface area (TPSA) is 58.8 Å². The van der Waals surface area contributed by atoms with Crippen LogP contribution in [0.5, 0.6) is 0 Å². The third-order valence-corrected chi connectivity index (χ3v) is 3.46. The SMILES string of the molecule is COCCN(CCCN(C)C)C(=O)c1c(N)cccc1Cl. The lowest BCUT2D eigenvalue weighted by Gasteiger charge is -2.24. The summed E-state index contributed by atoms with van der Waals surface area (Å²) in [6.45, 7) is 2.56. The normalized spacial score (nSPS) is 10.9. The Morgan fingerprint density at radius 1 is 1.29 bits per heavy atom. The van der Waals surface area contributed by atoms with E-state index in [0.29, 0.717) is 36.0 Å². The molecule has 0 heterocycles. The lowest BCUT2D eigenvalue weighted by molar-refractivity contribution is 0.0690. The average Bonchev–Trinajstić information content (AvgIpc) is 2.41. The van der Waals surface area contributed by atoms with E-state index in [-0.39, 0.29) is 5.91 Å². The lowest BCUT2D eigenvalue weighted by Crippen LogP contribution is -2.36. The average molecular weight is 314 g/mol. The zero-order valence-electron chi connectivity index (χ0n) is 12.9. The molecule has 1 amide bonds. The summed E-state index contributed by atoms with van der Waals surface area (Å²) >= 11 is 6.12. The summed E-state index contributed by atoms with van der Waals surface area (Å²) in [5.41, 5.74) is 6.67. The van der Waals surface area contributed by atoms with Gasteiger partial charge in [0.05, 0.1) is 17.2 Å². The van der Waals surface area contributed by atoms with E-state index >= 15 is 0 Å². The van der Waals surface area contributed by atoms with Gasteiger partial charge in [0.15, 0.2) is 0 Å². The molecular formula is C15H24ClN3O2. The first-order valence-corrected chi connectivity index (χ1v) is 7.32. The second-order valence-corrected chi connectivity index (χ2v) is 5.55. The molecular weight excluding hydrogens is 290 g/mol. The van der Waals surface area contributed by atoms with E-state index in [0.717, 1.165) is 13.0 Å². The predicted molar refractivity (Wildman–Crippen MR) is 86.8 cm³/mol. The molecule has 0 fully saturated rings. The van der Waals surface area contributed by atoms with Crippen LogP contribution in [0.25, 0.3) is 0 Å². The Morgan fingerprint density at radius 2 is 2.00 bits per heavy atom. The van der Waals surface area contributed by atoms with E-state index in [9.17, 15) is 4.79 Å². The molecule has 5 nitrogen and oxygen atoms in total. The molecule has 118 valence electrons. The van der Waals surface area contributed by atoms with Crippen LogP contribution in [0.2, 0.25) is 5.02 Å². The number of hydrogen-bond acceptors (Lipinski definition) is 4. The zero-order chi connectivity index (χ0) is 15.8. The Hall–Kier alpha value is -1.30. The molecule has 1 rings (SSSR count). The van der Waals surface area contributed by atoms with Gasteiger partial charge in [-0.25, -0.2) is 0 Å². The van der Waals surface area contributed by atoms with Crippen molar-refractivity contribution in [2.24, 2.45) is 0 Å². The van der Waals surface area contributed by atoms with Gasteiger partial charge in [-0.15, -0.1) is 0 Å². The maximum absolute atomic E-state index is 12.7. The number of hydrogen-bond donors (Lipinski definition) is 1. The number of benzene rings is 1. The number of nitrogen functional groups attached to an aromatic ring is 1. The Bertz CT molecular complexity index is 446. The summed E-state index contributed by atoms with van der Waals surface area (Å²) in [4.78, 5) is 16.5. The number of halogens is 1. The highest BCUT2D eigenvalue weighted by Crippen LogP contribution is 2.23. The van der Waals surface area contributed by atoms with Crippen LogP contribution < -0.4 is 5.73 Å². The van der Waals surface area contributed by atoms with Crippen LogP contribution in [0.4, 0.5) is 5.69 Å². The minimum atomic E-state index is -0.145. The number of nitrogens with two attached hydrogens (primary N) is 1. The van der Waals surface area contributed by atoms with Crippen molar-refractivity contribution in [3.05, 3.63) is 28.8 Å². The van der Waals surface area contributed by atoms with Gasteiger partial charge >= 0.3 is 0 Å². The second-order valence-electron chi connectivity index (χ2n) is 5.15. The predicted octanol–water partition coefficient (Wildman–Crippen LogP) is 1.96. The van der Waals surface area contributed by atoms with Gasteiger partial charge in [-0.1, -0.05) is 17.7 Å². The summed E-state index contributed by atoms with van der Waals surface area (Å²) in [5.74, 6) is -0.145. The van der Waals surface area contributed by atoms with Gasteiger partial charge < -0.3 is 20.3 Å². The van der Waals surface area contributed by atoms with Crippen LogP contribution >= 0.6 is 11.6 Å². The third kappa shape index (κ3) is 5.53. The molecule has 0 spiro atoms. The number of rotatable bonds is 8. The molecule has 0 bridgehead atoms. The molecule has 1 aromatic rings. The Morgan fingerprint density at radius 3 is 2.57 bits per heavy atom. The van der Waals surface area contributed by atoms with Gasteiger partial charge in [0, 0.05) is 25.9 Å². The molecule has 6 heteroatoms. The van der Waals surface area contributed by atoms with Gasteiger partial charge in [0.1, 0.15) is 0 Å². The Kier molecular flexibility index (Phi) is 7.50. The van der Waals surface area contributed by atoms with Crippen LogP contribution in [0.3, 0.4) is 0 Å². The van der Waals surface area contributed by atoms with Crippen LogP contribution in [0.15, 0.2) is 18.2 Å². The summed E-state index contributed by atoms with van der Waals surface area (Å²) in [6, 6.07) is 5.10. The largest absolute Gasteiger partial charge is 0.398 e. The van der Waals surface area contributed by atoms with Crippen LogP contribution in [-0.2, 0) is 4.74 Å². The van der Waals surface area contributed by atoms with Gasteiger partial charge in [-0.3, -0.25) is 4.79 Å². The smallest absolute Gasteiger partial charge is 0.257 e. The number of carbonyl (C=O) groups excluding carboxylic acids is 1. The molecule has 0 saturated heterocycles. The van der Waals surface area contributed by atoms with Crippen molar-refractivity contribution < 1.29 is 9.53 Å². The summed E-state index contributed by atoms with van der Waals surface area (Å²) in [6.07, 6.45) is 0.882. The molecule has 2 N–H and O–H groups in total. The highest BCUT2D eigenvalue weighted by atomic mass is 35.5. The minimum absolute atomic E-state index is 0.145. The van der Waals surface area contributed by atoms with Crippen molar-refractivity contribution in [1.82, 2.24) is 9.80 Å². The molecule has 21 heavy (non-hydrogen) atoms. The zero-order valence-corrected chi connectivity index (χ0v) is 13.7. The van der Waals surface area contributed by atoms with Crippen LogP contribution in [-0.4, -0.2) is 63.2 Å². The first-order chi connectivity index (χ1) is 9.97. The summed E-state index contributed by atoms with van der Waals surface area (Å²) < 4.78 is 5.08. The first-order valence-electron chi connectivity index (χ1n) is 6.94. The van der Waals surface area contributed by atoms with E-state index in [1.807, 2.05) is 14.1 Å². The fourth-order valence-corrected chi connectivity index (χ4v) is 2.28. The van der Waals surface area contributed by atoms with Gasteiger partial charge in [0.25, 0.3) is 5.91 Å². The second kappa shape index (κ2) is 8.87. The number of carbonyl (C=O) groups is 1. The van der Waals surface area contributed by atoms with Crippen molar-refractivity contribution >= 4 is 23.2 Å². The Labute approximate surface area is 131 Å². The first kappa shape index (κ1) is 17.8. The molecule has 0 atom stereocenters. The molecule has 0 unspecified atom stereocenters. The number of nitrogens with zero attached hydrogens (tertiary/aromatic N) is 2. The molecule has 0 saturated carbocycles. The van der Waals surface area contributed by atoms with E-state index in [1.54, 1.807) is 30.2 Å². The van der Waals surface area contributed by atoms with E-state index in [1.165, 1.54) is 0 Å². The third-order valence-electron chi connectivity index (χ3n) is 3.15. The standard InChI is InChI=1S/C15H24ClN3O2/c1-18(2)8-5-9-19(10-11-21-3)15(20)14-12(16)6-4-7-13(14)17/h4,6-7H,5,8-11,17H2,1-3H3. The summed E-state index contributed by atoms with van der Waals surface area (Å²) in [7, 11) is 5.63. The van der Waals surface area contributed by atoms with Crippen molar-refractivity contribution in [1.29, 1.82) is 0 Å². The molecule has 0 aliphatic carbocycles. The molecule has 1 aromatic carbocycles. The fraction of sp³-hybridized carbons (Fsp3) is 0.533. The molecule has 0 aromatic heterocycles. The number of ether oxygens (including phenoxy) is 1. The van der Waals surface area contributed by atoms with Gasteiger partial charge in [-0.2, -0.15) is 0 Å². The number of anilines is 1. The molecule has 0 aliphatic heterocycles. The highest BCUT2D eigenvalue weighted by Gasteiger charge is 2.20. The van der Waals surface area contributed by atoms with E-state index in [2.05, 4.69) is 4.90 Å².